The van der Waals surface area contributed by atoms with E-state index in [2.05, 4.69) is 0 Å². The summed E-state index contributed by atoms with van der Waals surface area (Å²) in [5.41, 5.74) is 0.0596. The second-order valence-electron chi connectivity index (χ2n) is 7.81. The molecule has 1 aliphatic heterocycles. The average Bonchev–Trinajstić information content (AvgIpc) is 3.03. The lowest BCUT2D eigenvalue weighted by Gasteiger charge is -2.34. The van der Waals surface area contributed by atoms with Crippen molar-refractivity contribution < 1.29 is 26.4 Å². The molecule has 31 heavy (non-hydrogen) atoms. The Labute approximate surface area is 183 Å². The monoisotopic (exact) mass is 472 g/mol. The number of halogens is 3. The number of benzene rings is 1. The number of nitrogens with zero attached hydrogens (tertiary/aromatic N) is 2. The van der Waals surface area contributed by atoms with Gasteiger partial charge in [-0.2, -0.15) is 17.5 Å². The number of alkyl halides is 3. The lowest BCUT2D eigenvalue weighted by atomic mass is 10.1. The summed E-state index contributed by atoms with van der Waals surface area (Å²) < 4.78 is 66.7. The number of rotatable bonds is 3. The standard InChI is InChI=1S/C21H23F3N2O3S2/c22-21(23,24)16-7-4-5-9-19(16)31(28,29)26-12-10-25(11-13-26)20(27)18-14-15-6-2-1-3-8-17(15)30-18/h4-5,7,9,14H,1-3,6,8,10-13H2. The third kappa shape index (κ3) is 4.51. The second-order valence-corrected chi connectivity index (χ2v) is 10.9. The third-order valence-electron chi connectivity index (χ3n) is 5.79. The van der Waals surface area contributed by atoms with Crippen LogP contribution < -0.4 is 0 Å². The van der Waals surface area contributed by atoms with Crippen molar-refractivity contribution >= 4 is 27.3 Å². The Morgan fingerprint density at radius 1 is 0.968 bits per heavy atom. The Balaban J connectivity index is 1.47. The Bertz CT molecular complexity index is 1050. The van der Waals surface area contributed by atoms with Crippen LogP contribution in [0.1, 0.15) is 44.9 Å². The van der Waals surface area contributed by atoms with Crippen molar-refractivity contribution in [2.45, 2.75) is 43.2 Å². The summed E-state index contributed by atoms with van der Waals surface area (Å²) in [5.74, 6) is -0.134. The van der Waals surface area contributed by atoms with Crippen molar-refractivity contribution in [2.24, 2.45) is 0 Å². The third-order valence-corrected chi connectivity index (χ3v) is 8.98. The van der Waals surface area contributed by atoms with Crippen molar-refractivity contribution in [3.63, 3.8) is 0 Å². The molecule has 0 saturated carbocycles. The summed E-state index contributed by atoms with van der Waals surface area (Å²) in [6.07, 6.45) is 0.628. The predicted octanol–water partition coefficient (Wildman–Crippen LogP) is 4.18. The highest BCUT2D eigenvalue weighted by Gasteiger charge is 2.40. The average molecular weight is 473 g/mol. The molecule has 1 aromatic carbocycles. The molecule has 1 aliphatic carbocycles. The van der Waals surface area contributed by atoms with Gasteiger partial charge < -0.3 is 4.90 Å². The fraction of sp³-hybridized carbons (Fsp3) is 0.476. The summed E-state index contributed by atoms with van der Waals surface area (Å²) in [6, 6.07) is 6.15. The van der Waals surface area contributed by atoms with E-state index in [0.29, 0.717) is 4.88 Å². The second kappa shape index (κ2) is 8.55. The summed E-state index contributed by atoms with van der Waals surface area (Å²) in [7, 11) is -4.32. The summed E-state index contributed by atoms with van der Waals surface area (Å²) in [4.78, 5) is 15.7. The fourth-order valence-corrected chi connectivity index (χ4v) is 6.98. The van der Waals surface area contributed by atoms with Crippen LogP contribution in [0.25, 0.3) is 0 Å². The highest BCUT2D eigenvalue weighted by molar-refractivity contribution is 7.89. The number of hydrogen-bond donors (Lipinski definition) is 0. The maximum Gasteiger partial charge on any atom is 0.417 e. The van der Waals surface area contributed by atoms with Gasteiger partial charge in [-0.15, -0.1) is 11.3 Å². The van der Waals surface area contributed by atoms with Crippen molar-refractivity contribution in [3.8, 4) is 0 Å². The number of aryl methyl sites for hydroxylation is 2. The molecule has 4 rings (SSSR count). The number of fused-ring (bicyclic) bond motifs is 1. The molecule has 0 spiro atoms. The Kier molecular flexibility index (Phi) is 6.15. The molecule has 10 heteroatoms. The van der Waals surface area contributed by atoms with Crippen LogP contribution in [0.5, 0.6) is 0 Å². The smallest absolute Gasteiger partial charge is 0.335 e. The summed E-state index contributed by atoms with van der Waals surface area (Å²) >= 11 is 1.51. The highest BCUT2D eigenvalue weighted by atomic mass is 32.2. The molecule has 2 heterocycles. The zero-order chi connectivity index (χ0) is 22.2. The van der Waals surface area contributed by atoms with E-state index < -0.39 is 26.7 Å². The summed E-state index contributed by atoms with van der Waals surface area (Å²) in [6.45, 7) is 0.223. The first-order valence-corrected chi connectivity index (χ1v) is 12.5. The van der Waals surface area contributed by atoms with Crippen molar-refractivity contribution in [3.05, 3.63) is 51.2 Å². The van der Waals surface area contributed by atoms with E-state index in [1.54, 1.807) is 4.90 Å². The molecule has 0 atom stereocenters. The van der Waals surface area contributed by atoms with Crippen LogP contribution >= 0.6 is 11.3 Å². The molecule has 2 aliphatic rings. The molecular formula is C21H23F3N2O3S2. The molecule has 0 radical (unpaired) electrons. The van der Waals surface area contributed by atoms with E-state index >= 15 is 0 Å². The van der Waals surface area contributed by atoms with Crippen LogP contribution in [0.2, 0.25) is 0 Å². The number of thiophene rings is 1. The Morgan fingerprint density at radius 2 is 1.65 bits per heavy atom. The zero-order valence-corrected chi connectivity index (χ0v) is 18.5. The number of sulfonamides is 1. The number of amides is 1. The maximum atomic E-state index is 13.3. The van der Waals surface area contributed by atoms with Gasteiger partial charge in [-0.3, -0.25) is 4.79 Å². The van der Waals surface area contributed by atoms with Crippen LogP contribution in [0.4, 0.5) is 13.2 Å². The van der Waals surface area contributed by atoms with Crippen LogP contribution in [0.15, 0.2) is 35.2 Å². The van der Waals surface area contributed by atoms with Crippen molar-refractivity contribution in [1.82, 2.24) is 9.21 Å². The van der Waals surface area contributed by atoms with E-state index in [4.69, 9.17) is 0 Å². The van der Waals surface area contributed by atoms with E-state index in [0.717, 1.165) is 42.1 Å². The largest absolute Gasteiger partial charge is 0.417 e. The molecule has 1 aromatic heterocycles. The van der Waals surface area contributed by atoms with Gasteiger partial charge in [-0.1, -0.05) is 18.6 Å². The van der Waals surface area contributed by atoms with E-state index in [1.807, 2.05) is 6.07 Å². The highest BCUT2D eigenvalue weighted by Crippen LogP contribution is 2.35. The quantitative estimate of drug-likeness (QED) is 0.630. The minimum absolute atomic E-state index is 0.0364. The van der Waals surface area contributed by atoms with Gasteiger partial charge in [0.25, 0.3) is 5.91 Å². The number of piperazine rings is 1. The van der Waals surface area contributed by atoms with E-state index in [9.17, 15) is 26.4 Å². The van der Waals surface area contributed by atoms with Crippen molar-refractivity contribution in [2.75, 3.05) is 26.2 Å². The zero-order valence-electron chi connectivity index (χ0n) is 16.8. The molecular weight excluding hydrogens is 449 g/mol. The summed E-state index contributed by atoms with van der Waals surface area (Å²) in [5, 5.41) is 0. The SMILES string of the molecule is O=C(c1cc2c(s1)CCCCC2)N1CCN(S(=O)(=O)c2ccccc2C(F)(F)F)CC1. The molecule has 0 N–H and O–H groups in total. The van der Waals surface area contributed by atoms with Crippen LogP contribution in [0.3, 0.4) is 0 Å². The lowest BCUT2D eigenvalue weighted by Crippen LogP contribution is -2.50. The van der Waals surface area contributed by atoms with Crippen LogP contribution in [-0.4, -0.2) is 49.7 Å². The van der Waals surface area contributed by atoms with Gasteiger partial charge >= 0.3 is 6.18 Å². The topological polar surface area (TPSA) is 57.7 Å². The minimum atomic E-state index is -4.77. The van der Waals surface area contributed by atoms with Gasteiger partial charge in [0.1, 0.15) is 0 Å². The molecule has 0 unspecified atom stereocenters. The molecule has 168 valence electrons. The number of carbonyl (C=O) groups excluding carboxylic acids is 1. The number of hydrogen-bond acceptors (Lipinski definition) is 4. The van der Waals surface area contributed by atoms with Gasteiger partial charge in [0, 0.05) is 31.1 Å². The molecule has 1 saturated heterocycles. The Morgan fingerprint density at radius 3 is 2.35 bits per heavy atom. The van der Waals surface area contributed by atoms with Gasteiger partial charge in [-0.05, 0) is 49.4 Å². The van der Waals surface area contributed by atoms with Crippen LogP contribution in [-0.2, 0) is 29.0 Å². The molecule has 5 nitrogen and oxygen atoms in total. The molecule has 0 bridgehead atoms. The minimum Gasteiger partial charge on any atom is -0.335 e. The first kappa shape index (κ1) is 22.3. The van der Waals surface area contributed by atoms with Crippen LogP contribution in [0, 0.1) is 0 Å². The van der Waals surface area contributed by atoms with Gasteiger partial charge in [0.2, 0.25) is 10.0 Å². The molecule has 2 aromatic rings. The van der Waals surface area contributed by atoms with Crippen molar-refractivity contribution in [1.29, 1.82) is 0 Å². The van der Waals surface area contributed by atoms with E-state index in [-0.39, 0.29) is 32.1 Å². The van der Waals surface area contributed by atoms with Gasteiger partial charge in [0.05, 0.1) is 15.3 Å². The lowest BCUT2D eigenvalue weighted by molar-refractivity contribution is -0.139. The first-order chi connectivity index (χ1) is 14.7. The van der Waals surface area contributed by atoms with Gasteiger partial charge in [0.15, 0.2) is 0 Å². The maximum absolute atomic E-state index is 13.3. The molecule has 1 fully saturated rings. The Hall–Kier alpha value is -1.91. The fourth-order valence-electron chi connectivity index (χ4n) is 4.13. The number of carbonyl (C=O) groups is 1. The normalized spacial score (nSPS) is 18.5. The first-order valence-electron chi connectivity index (χ1n) is 10.2. The predicted molar refractivity (Wildman–Crippen MR) is 112 cm³/mol. The van der Waals surface area contributed by atoms with Gasteiger partial charge in [-0.25, -0.2) is 8.42 Å². The van der Waals surface area contributed by atoms with E-state index in [1.165, 1.54) is 40.3 Å². The molecule has 1 amide bonds.